The fourth-order valence-corrected chi connectivity index (χ4v) is 3.55. The van der Waals surface area contributed by atoms with E-state index in [1.54, 1.807) is 75.4 Å². The van der Waals surface area contributed by atoms with Crippen LogP contribution in [0.5, 0.6) is 0 Å². The van der Waals surface area contributed by atoms with Gasteiger partial charge in [-0.05, 0) is 31.9 Å². The number of rotatable bonds is 8. The Morgan fingerprint density at radius 1 is 0.800 bits per heavy atom. The quantitative estimate of drug-likeness (QED) is 0.411. The summed E-state index contributed by atoms with van der Waals surface area (Å²) in [4.78, 5) is 39.3. The molecule has 1 amide bonds. The Morgan fingerprint density at radius 3 is 1.69 bits per heavy atom. The minimum absolute atomic E-state index is 0.0859. The minimum Gasteiger partial charge on any atom is -0.467 e. The molecule has 9 heteroatoms. The van der Waals surface area contributed by atoms with Crippen LogP contribution in [0.15, 0.2) is 60.7 Å². The highest BCUT2D eigenvalue weighted by molar-refractivity contribution is 5.77. The molecule has 4 unspecified atom stereocenters. The molecule has 1 fully saturated rings. The van der Waals surface area contributed by atoms with Gasteiger partial charge in [-0.2, -0.15) is 0 Å². The van der Waals surface area contributed by atoms with Crippen molar-refractivity contribution < 1.29 is 38.1 Å². The predicted molar refractivity (Wildman–Crippen MR) is 125 cm³/mol. The molecule has 2 aromatic carbocycles. The molecule has 0 bridgehead atoms. The van der Waals surface area contributed by atoms with E-state index in [0.29, 0.717) is 11.1 Å². The number of likely N-dealkylation sites (tertiary alicyclic amines) is 1. The van der Waals surface area contributed by atoms with E-state index >= 15 is 0 Å². The Kier molecular flexibility index (Phi) is 8.48. The topological polar surface area (TPSA) is 101 Å². The predicted octanol–water partition coefficient (Wildman–Crippen LogP) is 3.79. The van der Waals surface area contributed by atoms with E-state index in [-0.39, 0.29) is 6.54 Å². The van der Waals surface area contributed by atoms with Gasteiger partial charge in [0.25, 0.3) is 0 Å². The Bertz CT molecular complexity index is 1010. The van der Waals surface area contributed by atoms with Crippen molar-refractivity contribution in [1.29, 1.82) is 0 Å². The van der Waals surface area contributed by atoms with Crippen molar-refractivity contribution in [2.24, 2.45) is 0 Å². The molecule has 1 heterocycles. The first kappa shape index (κ1) is 26.2. The van der Waals surface area contributed by atoms with Gasteiger partial charge in [-0.1, -0.05) is 60.7 Å². The van der Waals surface area contributed by atoms with Crippen LogP contribution in [0.25, 0.3) is 0 Å². The summed E-state index contributed by atoms with van der Waals surface area (Å²) < 4.78 is 27.6. The van der Waals surface area contributed by atoms with Gasteiger partial charge in [0.1, 0.15) is 11.7 Å². The van der Waals surface area contributed by atoms with E-state index in [0.717, 1.165) is 0 Å². The number of methoxy groups -OCH3 is 2. The number of hydrogen-bond donors (Lipinski definition) is 0. The maximum absolute atomic E-state index is 12.9. The molecule has 188 valence electrons. The number of ether oxygens (including phenoxy) is 5. The average molecular weight is 486 g/mol. The van der Waals surface area contributed by atoms with Crippen LogP contribution >= 0.6 is 0 Å². The van der Waals surface area contributed by atoms with Gasteiger partial charge in [0.05, 0.1) is 20.8 Å². The molecule has 0 radical (unpaired) electrons. The van der Waals surface area contributed by atoms with Gasteiger partial charge in [-0.25, -0.2) is 14.4 Å². The molecule has 4 atom stereocenters. The SMILES string of the molecule is COC(=O)C(OC1CN(C(=O)OC(C)(C)C)C1OC(C(=O)OC)c1ccccc1)c1ccccc1. The zero-order valence-corrected chi connectivity index (χ0v) is 20.5. The van der Waals surface area contributed by atoms with Crippen molar-refractivity contribution in [3.63, 3.8) is 0 Å². The van der Waals surface area contributed by atoms with Crippen molar-refractivity contribution in [1.82, 2.24) is 4.90 Å². The largest absolute Gasteiger partial charge is 0.467 e. The molecule has 0 N–H and O–H groups in total. The normalized spacial score (nSPS) is 19.2. The van der Waals surface area contributed by atoms with E-state index in [9.17, 15) is 14.4 Å². The lowest BCUT2D eigenvalue weighted by atomic mass is 10.1. The van der Waals surface area contributed by atoms with Gasteiger partial charge < -0.3 is 23.7 Å². The van der Waals surface area contributed by atoms with Gasteiger partial charge >= 0.3 is 18.0 Å². The number of nitrogens with zero attached hydrogens (tertiary/aromatic N) is 1. The van der Waals surface area contributed by atoms with E-state index in [2.05, 4.69) is 0 Å². The molecule has 0 aromatic heterocycles. The first-order chi connectivity index (χ1) is 16.6. The molecule has 2 aromatic rings. The number of esters is 2. The monoisotopic (exact) mass is 485 g/mol. The summed E-state index contributed by atoms with van der Waals surface area (Å²) in [6.07, 6.45) is -4.58. The zero-order valence-electron chi connectivity index (χ0n) is 20.5. The van der Waals surface area contributed by atoms with Crippen molar-refractivity contribution >= 4 is 18.0 Å². The molecule has 3 rings (SSSR count). The van der Waals surface area contributed by atoms with E-state index < -0.39 is 48.2 Å². The maximum Gasteiger partial charge on any atom is 0.412 e. The smallest absolute Gasteiger partial charge is 0.412 e. The van der Waals surface area contributed by atoms with Crippen LogP contribution < -0.4 is 0 Å². The average Bonchev–Trinajstić information content (AvgIpc) is 2.83. The maximum atomic E-state index is 12.9. The molecular weight excluding hydrogens is 454 g/mol. The molecule has 35 heavy (non-hydrogen) atoms. The Hall–Kier alpha value is -3.43. The standard InChI is InChI=1S/C26H31NO8/c1-26(2,3)35-25(30)27-16-19(33-20(23(28)31-4)17-12-8-6-9-13-17)22(27)34-21(24(29)32-5)18-14-10-7-11-15-18/h6-15,19-22H,16H2,1-5H3. The second-order valence-corrected chi connectivity index (χ2v) is 8.96. The third kappa shape index (κ3) is 6.58. The zero-order chi connectivity index (χ0) is 25.6. The van der Waals surface area contributed by atoms with Gasteiger partial charge in [-0.15, -0.1) is 0 Å². The highest BCUT2D eigenvalue weighted by Gasteiger charge is 2.49. The number of amides is 1. The lowest BCUT2D eigenvalue weighted by Crippen LogP contribution is -2.65. The van der Waals surface area contributed by atoms with E-state index in [1.807, 2.05) is 6.07 Å². The van der Waals surface area contributed by atoms with Crippen molar-refractivity contribution in [3.8, 4) is 0 Å². The van der Waals surface area contributed by atoms with Crippen molar-refractivity contribution in [3.05, 3.63) is 71.8 Å². The summed E-state index contributed by atoms with van der Waals surface area (Å²) in [7, 11) is 2.52. The third-order valence-corrected chi connectivity index (χ3v) is 5.25. The fourth-order valence-electron chi connectivity index (χ4n) is 3.55. The summed E-state index contributed by atoms with van der Waals surface area (Å²) in [6.45, 7) is 5.33. The molecule has 1 aliphatic rings. The Labute approximate surface area is 204 Å². The lowest BCUT2D eigenvalue weighted by Gasteiger charge is -2.48. The first-order valence-corrected chi connectivity index (χ1v) is 11.2. The van der Waals surface area contributed by atoms with Crippen LogP contribution in [0.2, 0.25) is 0 Å². The molecule has 9 nitrogen and oxygen atoms in total. The first-order valence-electron chi connectivity index (χ1n) is 11.2. The summed E-state index contributed by atoms with van der Waals surface area (Å²) in [5.74, 6) is -1.24. The van der Waals surface area contributed by atoms with Gasteiger partial charge in [0.2, 0.25) is 0 Å². The lowest BCUT2D eigenvalue weighted by molar-refractivity contribution is -0.243. The number of carbonyl (C=O) groups excluding carboxylic acids is 3. The van der Waals surface area contributed by atoms with Crippen LogP contribution in [-0.2, 0) is 33.3 Å². The molecular formula is C26H31NO8. The second-order valence-electron chi connectivity index (χ2n) is 8.96. The van der Waals surface area contributed by atoms with Gasteiger partial charge in [0, 0.05) is 0 Å². The van der Waals surface area contributed by atoms with Gasteiger partial charge in [-0.3, -0.25) is 4.90 Å². The van der Waals surface area contributed by atoms with E-state index in [1.165, 1.54) is 19.1 Å². The summed E-state index contributed by atoms with van der Waals surface area (Å²) in [6, 6.07) is 17.6. The molecule has 0 spiro atoms. The van der Waals surface area contributed by atoms with Crippen molar-refractivity contribution in [2.75, 3.05) is 20.8 Å². The summed E-state index contributed by atoms with van der Waals surface area (Å²) in [5.41, 5.74) is 0.385. The summed E-state index contributed by atoms with van der Waals surface area (Å²) >= 11 is 0. The third-order valence-electron chi connectivity index (χ3n) is 5.25. The highest BCUT2D eigenvalue weighted by atomic mass is 16.6. The Balaban J connectivity index is 1.89. The van der Waals surface area contributed by atoms with Crippen LogP contribution in [0.4, 0.5) is 4.79 Å². The number of benzene rings is 2. The van der Waals surface area contributed by atoms with Gasteiger partial charge in [0.15, 0.2) is 18.4 Å². The molecule has 1 saturated heterocycles. The Morgan fingerprint density at radius 2 is 1.26 bits per heavy atom. The summed E-state index contributed by atoms with van der Waals surface area (Å²) in [5, 5.41) is 0. The van der Waals surface area contributed by atoms with Crippen LogP contribution in [0, 0.1) is 0 Å². The molecule has 1 aliphatic heterocycles. The highest BCUT2D eigenvalue weighted by Crippen LogP contribution is 2.34. The second kappa shape index (κ2) is 11.3. The minimum atomic E-state index is -1.13. The van der Waals surface area contributed by atoms with Crippen LogP contribution in [0.3, 0.4) is 0 Å². The fraction of sp³-hybridized carbons (Fsp3) is 0.423. The van der Waals surface area contributed by atoms with Crippen LogP contribution in [-0.4, -0.2) is 61.6 Å². The number of carbonyl (C=O) groups is 3. The van der Waals surface area contributed by atoms with Crippen LogP contribution in [0.1, 0.15) is 44.1 Å². The number of hydrogen-bond acceptors (Lipinski definition) is 8. The molecule has 0 aliphatic carbocycles. The van der Waals surface area contributed by atoms with E-state index in [4.69, 9.17) is 23.7 Å². The molecule has 0 saturated carbocycles. The van der Waals surface area contributed by atoms with Crippen molar-refractivity contribution in [2.45, 2.75) is 50.9 Å².